The third-order valence-electron chi connectivity index (χ3n) is 2.18. The van der Waals surface area contributed by atoms with Gasteiger partial charge in [-0.05, 0) is 30.7 Å². The van der Waals surface area contributed by atoms with E-state index in [2.05, 4.69) is 11.9 Å². The monoisotopic (exact) mass is 203 g/mol. The number of hydrogen-bond donors (Lipinski definition) is 1. The smallest absolute Gasteiger partial charge is 0.194 e. The largest absolute Gasteiger partial charge is 0.508 e. The van der Waals surface area contributed by atoms with Crippen molar-refractivity contribution >= 4 is 0 Å². The second-order valence-electron chi connectivity index (χ2n) is 3.42. The summed E-state index contributed by atoms with van der Waals surface area (Å²) in [7, 11) is 0. The first-order chi connectivity index (χ1) is 7.29. The Hall–Kier alpha value is -1.77. The van der Waals surface area contributed by atoms with E-state index in [1.807, 2.05) is 12.1 Å². The van der Waals surface area contributed by atoms with Crippen molar-refractivity contribution in [3.8, 4) is 17.0 Å². The standard InChI is InChI=1S/C12H13NO2/c1-2-3-12-13-11(8-15-12)9-4-6-10(14)7-5-9/h4-8,14H,2-3H2,1H3. The van der Waals surface area contributed by atoms with Crippen LogP contribution in [0.15, 0.2) is 34.9 Å². The minimum Gasteiger partial charge on any atom is -0.508 e. The van der Waals surface area contributed by atoms with Gasteiger partial charge in [0.2, 0.25) is 0 Å². The zero-order chi connectivity index (χ0) is 10.7. The molecule has 0 radical (unpaired) electrons. The first-order valence-corrected chi connectivity index (χ1v) is 5.03. The number of nitrogens with zero attached hydrogens (tertiary/aromatic N) is 1. The summed E-state index contributed by atoms with van der Waals surface area (Å²) in [5.74, 6) is 1.02. The van der Waals surface area contributed by atoms with Crippen LogP contribution in [0, 0.1) is 0 Å². The lowest BCUT2D eigenvalue weighted by atomic mass is 10.2. The van der Waals surface area contributed by atoms with Gasteiger partial charge in [-0.3, -0.25) is 0 Å². The molecule has 3 nitrogen and oxygen atoms in total. The molecule has 0 aliphatic rings. The maximum absolute atomic E-state index is 9.15. The van der Waals surface area contributed by atoms with Crippen molar-refractivity contribution in [2.24, 2.45) is 0 Å². The minimum atomic E-state index is 0.260. The van der Waals surface area contributed by atoms with Gasteiger partial charge in [-0.2, -0.15) is 0 Å². The Kier molecular flexibility index (Phi) is 2.72. The number of benzene rings is 1. The van der Waals surface area contributed by atoms with Crippen molar-refractivity contribution < 1.29 is 9.52 Å². The predicted molar refractivity (Wildman–Crippen MR) is 57.6 cm³/mol. The van der Waals surface area contributed by atoms with Crippen LogP contribution in [0.25, 0.3) is 11.3 Å². The molecule has 0 saturated carbocycles. The first-order valence-electron chi connectivity index (χ1n) is 5.03. The van der Waals surface area contributed by atoms with Gasteiger partial charge in [0.1, 0.15) is 17.7 Å². The second kappa shape index (κ2) is 4.17. The molecule has 3 heteroatoms. The fourth-order valence-electron chi connectivity index (χ4n) is 1.40. The van der Waals surface area contributed by atoms with E-state index in [0.717, 1.165) is 30.0 Å². The predicted octanol–water partition coefficient (Wildman–Crippen LogP) is 3.00. The minimum absolute atomic E-state index is 0.260. The van der Waals surface area contributed by atoms with Gasteiger partial charge >= 0.3 is 0 Å². The van der Waals surface area contributed by atoms with Crippen LogP contribution in [0.4, 0.5) is 0 Å². The highest BCUT2D eigenvalue weighted by atomic mass is 16.3. The lowest BCUT2D eigenvalue weighted by Crippen LogP contribution is -1.82. The van der Waals surface area contributed by atoms with Crippen LogP contribution in [0.3, 0.4) is 0 Å². The van der Waals surface area contributed by atoms with Crippen LogP contribution >= 0.6 is 0 Å². The Morgan fingerprint density at radius 1 is 1.27 bits per heavy atom. The normalized spacial score (nSPS) is 10.5. The molecule has 1 heterocycles. The van der Waals surface area contributed by atoms with Gasteiger partial charge in [-0.15, -0.1) is 0 Å². The maximum atomic E-state index is 9.15. The highest BCUT2D eigenvalue weighted by molar-refractivity contribution is 5.58. The summed E-state index contributed by atoms with van der Waals surface area (Å²) in [5.41, 5.74) is 1.78. The van der Waals surface area contributed by atoms with Crippen molar-refractivity contribution in [2.45, 2.75) is 19.8 Å². The number of hydrogen-bond acceptors (Lipinski definition) is 3. The molecule has 15 heavy (non-hydrogen) atoms. The molecule has 78 valence electrons. The first kappa shape index (κ1) is 9.77. The maximum Gasteiger partial charge on any atom is 0.194 e. The number of oxazole rings is 1. The van der Waals surface area contributed by atoms with Gasteiger partial charge in [0.15, 0.2) is 5.89 Å². The van der Waals surface area contributed by atoms with Gasteiger partial charge in [-0.25, -0.2) is 4.98 Å². The molecule has 1 aromatic carbocycles. The SMILES string of the molecule is CCCc1nc(-c2ccc(O)cc2)co1. The van der Waals surface area contributed by atoms with Crippen molar-refractivity contribution in [3.63, 3.8) is 0 Å². The average Bonchev–Trinajstić information content (AvgIpc) is 2.68. The van der Waals surface area contributed by atoms with Crippen LogP contribution < -0.4 is 0 Å². The lowest BCUT2D eigenvalue weighted by molar-refractivity contribution is 0.475. The number of aromatic hydroxyl groups is 1. The Labute approximate surface area is 88.4 Å². The van der Waals surface area contributed by atoms with E-state index in [0.29, 0.717) is 0 Å². The topological polar surface area (TPSA) is 46.3 Å². The van der Waals surface area contributed by atoms with Crippen LogP contribution in [-0.2, 0) is 6.42 Å². The molecule has 1 aromatic heterocycles. The summed E-state index contributed by atoms with van der Waals surface area (Å²) in [4.78, 5) is 4.35. The van der Waals surface area contributed by atoms with Gasteiger partial charge in [0.25, 0.3) is 0 Å². The van der Waals surface area contributed by atoms with Gasteiger partial charge < -0.3 is 9.52 Å². The molecule has 0 amide bonds. The number of aryl methyl sites for hydroxylation is 1. The number of rotatable bonds is 3. The Morgan fingerprint density at radius 2 is 2.00 bits per heavy atom. The van der Waals surface area contributed by atoms with Crippen LogP contribution in [0.2, 0.25) is 0 Å². The molecule has 2 aromatic rings. The van der Waals surface area contributed by atoms with Gasteiger partial charge in [0.05, 0.1) is 0 Å². The lowest BCUT2D eigenvalue weighted by Gasteiger charge is -1.95. The quantitative estimate of drug-likeness (QED) is 0.834. The number of phenols is 1. The Balaban J connectivity index is 2.25. The molecule has 0 bridgehead atoms. The molecule has 0 aliphatic heterocycles. The van der Waals surface area contributed by atoms with Gasteiger partial charge in [0, 0.05) is 12.0 Å². The van der Waals surface area contributed by atoms with E-state index in [-0.39, 0.29) is 5.75 Å². The summed E-state index contributed by atoms with van der Waals surface area (Å²) in [6.45, 7) is 2.09. The molecule has 0 fully saturated rings. The molecule has 1 N–H and O–H groups in total. The highest BCUT2D eigenvalue weighted by Gasteiger charge is 2.04. The third-order valence-corrected chi connectivity index (χ3v) is 2.18. The van der Waals surface area contributed by atoms with E-state index in [1.165, 1.54) is 0 Å². The fourth-order valence-corrected chi connectivity index (χ4v) is 1.40. The van der Waals surface area contributed by atoms with Crippen LogP contribution in [0.1, 0.15) is 19.2 Å². The van der Waals surface area contributed by atoms with E-state index < -0.39 is 0 Å². The fraction of sp³-hybridized carbons (Fsp3) is 0.250. The Morgan fingerprint density at radius 3 is 2.67 bits per heavy atom. The zero-order valence-electron chi connectivity index (χ0n) is 8.60. The molecular formula is C12H13NO2. The molecule has 0 aliphatic carbocycles. The zero-order valence-corrected chi connectivity index (χ0v) is 8.60. The molecule has 0 atom stereocenters. The number of phenolic OH excluding ortho intramolecular Hbond substituents is 1. The second-order valence-corrected chi connectivity index (χ2v) is 3.42. The van der Waals surface area contributed by atoms with E-state index in [9.17, 15) is 0 Å². The molecule has 0 saturated heterocycles. The van der Waals surface area contributed by atoms with E-state index >= 15 is 0 Å². The van der Waals surface area contributed by atoms with Crippen molar-refractivity contribution in [1.82, 2.24) is 4.98 Å². The summed E-state index contributed by atoms with van der Waals surface area (Å²) in [5, 5.41) is 9.15. The van der Waals surface area contributed by atoms with Crippen molar-refractivity contribution in [2.75, 3.05) is 0 Å². The molecule has 0 unspecified atom stereocenters. The van der Waals surface area contributed by atoms with E-state index in [1.54, 1.807) is 18.4 Å². The third kappa shape index (κ3) is 2.18. The summed E-state index contributed by atoms with van der Waals surface area (Å²) < 4.78 is 5.32. The molecular weight excluding hydrogens is 190 g/mol. The number of aromatic nitrogens is 1. The van der Waals surface area contributed by atoms with Gasteiger partial charge in [-0.1, -0.05) is 6.92 Å². The van der Waals surface area contributed by atoms with Crippen LogP contribution in [-0.4, -0.2) is 10.1 Å². The Bertz CT molecular complexity index is 431. The molecule has 2 rings (SSSR count). The summed E-state index contributed by atoms with van der Waals surface area (Å²) >= 11 is 0. The molecule has 0 spiro atoms. The van der Waals surface area contributed by atoms with E-state index in [4.69, 9.17) is 9.52 Å². The highest BCUT2D eigenvalue weighted by Crippen LogP contribution is 2.21. The van der Waals surface area contributed by atoms with Crippen LogP contribution in [0.5, 0.6) is 5.75 Å². The van der Waals surface area contributed by atoms with Crippen molar-refractivity contribution in [1.29, 1.82) is 0 Å². The van der Waals surface area contributed by atoms with Crippen molar-refractivity contribution in [3.05, 3.63) is 36.4 Å². The summed E-state index contributed by atoms with van der Waals surface area (Å²) in [6.07, 6.45) is 3.53. The average molecular weight is 203 g/mol. The summed E-state index contributed by atoms with van der Waals surface area (Å²) in [6, 6.07) is 6.93.